The minimum atomic E-state index is -5.09. The summed E-state index contributed by atoms with van der Waals surface area (Å²) in [5.41, 5.74) is -3.97. The van der Waals surface area contributed by atoms with E-state index in [1.807, 2.05) is 0 Å². The average Bonchev–Trinajstić information content (AvgIpc) is 2.62. The van der Waals surface area contributed by atoms with Crippen molar-refractivity contribution in [2.24, 2.45) is 0 Å². The summed E-state index contributed by atoms with van der Waals surface area (Å²) in [6.07, 6.45) is -6.27. The molecule has 0 aromatic heterocycles. The van der Waals surface area contributed by atoms with E-state index >= 15 is 0 Å². The number of ether oxygens (including phenoxy) is 1. The molecule has 0 aliphatic carbocycles. The Morgan fingerprint density at radius 2 is 1.59 bits per heavy atom. The van der Waals surface area contributed by atoms with Crippen molar-refractivity contribution in [1.29, 1.82) is 5.26 Å². The van der Waals surface area contributed by atoms with Gasteiger partial charge in [-0.1, -0.05) is 29.3 Å². The van der Waals surface area contributed by atoms with E-state index in [0.29, 0.717) is 5.56 Å². The van der Waals surface area contributed by atoms with Gasteiger partial charge in [-0.15, -0.1) is 0 Å². The van der Waals surface area contributed by atoms with Gasteiger partial charge in [0.05, 0.1) is 11.6 Å². The minimum absolute atomic E-state index is 0.0770. The van der Waals surface area contributed by atoms with Gasteiger partial charge in [-0.2, -0.15) is 18.4 Å². The van der Waals surface area contributed by atoms with E-state index in [9.17, 15) is 28.0 Å². The summed E-state index contributed by atoms with van der Waals surface area (Å²) in [5.74, 6) is -1.55. The third-order valence-electron chi connectivity index (χ3n) is 4.62. The molecule has 0 aliphatic rings. The van der Waals surface area contributed by atoms with E-state index in [1.54, 1.807) is 20.8 Å². The van der Waals surface area contributed by atoms with Crippen LogP contribution in [-0.2, 0) is 10.2 Å². The van der Waals surface area contributed by atoms with Crippen molar-refractivity contribution in [1.82, 2.24) is 0 Å². The summed E-state index contributed by atoms with van der Waals surface area (Å²) >= 11 is 11.7. The monoisotopic (exact) mass is 485 g/mol. The first-order chi connectivity index (χ1) is 14.6. The van der Waals surface area contributed by atoms with Crippen LogP contribution in [0.2, 0.25) is 10.0 Å². The van der Waals surface area contributed by atoms with Crippen LogP contribution >= 0.6 is 23.2 Å². The molecule has 0 amide bonds. The van der Waals surface area contributed by atoms with Crippen LogP contribution in [0, 0.1) is 18.3 Å². The smallest absolute Gasteiger partial charge is 0.411 e. The third-order valence-corrected chi connectivity index (χ3v) is 5.06. The van der Waals surface area contributed by atoms with Crippen LogP contribution in [0.15, 0.2) is 36.4 Å². The molecule has 2 rings (SSSR count). The molecular formula is C23H20Cl2F3NO3. The second-order valence-corrected chi connectivity index (χ2v) is 9.18. The number of aryl methyl sites for hydroxylation is 1. The molecule has 170 valence electrons. The molecule has 0 aliphatic heterocycles. The van der Waals surface area contributed by atoms with E-state index in [0.717, 1.165) is 12.1 Å². The fraction of sp³-hybridized carbons (Fsp3) is 0.348. The predicted octanol–water partition coefficient (Wildman–Crippen LogP) is 6.85. The van der Waals surface area contributed by atoms with Crippen molar-refractivity contribution >= 4 is 35.0 Å². The Labute approximate surface area is 193 Å². The molecule has 4 nitrogen and oxygen atoms in total. The first kappa shape index (κ1) is 25.7. The van der Waals surface area contributed by atoms with Crippen LogP contribution in [0.4, 0.5) is 13.2 Å². The maximum absolute atomic E-state index is 14.1. The molecule has 0 saturated carbocycles. The van der Waals surface area contributed by atoms with Crippen molar-refractivity contribution in [3.05, 3.63) is 68.7 Å². The van der Waals surface area contributed by atoms with E-state index in [1.165, 1.54) is 37.3 Å². The van der Waals surface area contributed by atoms with Crippen molar-refractivity contribution in [2.75, 3.05) is 0 Å². The molecule has 0 saturated heterocycles. The van der Waals surface area contributed by atoms with Crippen molar-refractivity contribution in [3.8, 4) is 6.07 Å². The Bertz CT molecular complexity index is 1080. The zero-order valence-corrected chi connectivity index (χ0v) is 19.2. The summed E-state index contributed by atoms with van der Waals surface area (Å²) in [6, 6.07) is 8.27. The number of benzene rings is 2. The number of Topliss-reactive ketones (excluding diaryl/α,β-unsaturated/α-hetero) is 1. The summed E-state index contributed by atoms with van der Waals surface area (Å²) in [4.78, 5) is 25.1. The molecular weight excluding hydrogens is 466 g/mol. The maximum atomic E-state index is 14.1. The molecule has 2 aromatic rings. The molecule has 32 heavy (non-hydrogen) atoms. The lowest BCUT2D eigenvalue weighted by Crippen LogP contribution is -2.43. The molecule has 9 heteroatoms. The van der Waals surface area contributed by atoms with Crippen LogP contribution in [0.25, 0.3) is 0 Å². The van der Waals surface area contributed by atoms with Gasteiger partial charge in [-0.05, 0) is 69.2 Å². The van der Waals surface area contributed by atoms with Crippen LogP contribution in [0.1, 0.15) is 59.0 Å². The van der Waals surface area contributed by atoms with Crippen molar-refractivity contribution in [3.63, 3.8) is 0 Å². The van der Waals surface area contributed by atoms with Crippen LogP contribution in [0.5, 0.6) is 0 Å². The lowest BCUT2D eigenvalue weighted by molar-refractivity contribution is -0.172. The normalized spacial score (nSPS) is 13.8. The van der Waals surface area contributed by atoms with Crippen LogP contribution < -0.4 is 0 Å². The number of ketones is 1. The van der Waals surface area contributed by atoms with E-state index in [2.05, 4.69) is 0 Å². The Hall–Kier alpha value is -2.56. The molecule has 0 spiro atoms. The largest absolute Gasteiger partial charge is 0.456 e. The lowest BCUT2D eigenvalue weighted by atomic mass is 9.76. The van der Waals surface area contributed by atoms with E-state index in [4.69, 9.17) is 27.9 Å². The second-order valence-electron chi connectivity index (χ2n) is 8.30. The maximum Gasteiger partial charge on any atom is 0.411 e. The van der Waals surface area contributed by atoms with Gasteiger partial charge in [0.25, 0.3) is 0 Å². The molecule has 0 bridgehead atoms. The number of halogens is 5. The van der Waals surface area contributed by atoms with Crippen LogP contribution in [-0.4, -0.2) is 23.5 Å². The van der Waals surface area contributed by atoms with E-state index in [-0.39, 0.29) is 21.2 Å². The van der Waals surface area contributed by atoms with E-state index < -0.39 is 40.9 Å². The molecule has 0 fully saturated rings. The fourth-order valence-corrected chi connectivity index (χ4v) is 3.60. The van der Waals surface area contributed by atoms with Gasteiger partial charge in [0, 0.05) is 22.0 Å². The Kier molecular flexibility index (Phi) is 7.33. The first-order valence-corrected chi connectivity index (χ1v) is 10.2. The predicted molar refractivity (Wildman–Crippen MR) is 115 cm³/mol. The summed E-state index contributed by atoms with van der Waals surface area (Å²) in [7, 11) is 0. The lowest BCUT2D eigenvalue weighted by Gasteiger charge is -2.29. The summed E-state index contributed by atoms with van der Waals surface area (Å²) in [5, 5.41) is 9.36. The van der Waals surface area contributed by atoms with Gasteiger partial charge >= 0.3 is 12.1 Å². The number of hydrogen-bond donors (Lipinski definition) is 0. The number of rotatable bonds is 5. The molecule has 1 atom stereocenters. The number of alkyl halides is 3. The number of hydrogen-bond acceptors (Lipinski definition) is 4. The van der Waals surface area contributed by atoms with Crippen molar-refractivity contribution < 1.29 is 27.5 Å². The van der Waals surface area contributed by atoms with Gasteiger partial charge in [-0.3, -0.25) is 4.79 Å². The number of esters is 1. The highest BCUT2D eigenvalue weighted by atomic mass is 35.5. The molecule has 1 unspecified atom stereocenters. The number of carbonyl (C=O) groups excluding carboxylic acids is 2. The Balaban J connectivity index is 2.46. The minimum Gasteiger partial charge on any atom is -0.456 e. The molecule has 2 aromatic carbocycles. The zero-order valence-electron chi connectivity index (χ0n) is 17.7. The first-order valence-electron chi connectivity index (χ1n) is 9.41. The Morgan fingerprint density at radius 1 is 1.03 bits per heavy atom. The van der Waals surface area contributed by atoms with Gasteiger partial charge < -0.3 is 4.74 Å². The SMILES string of the molecule is Cc1cc(C(=O)CC(C#N)(c2cc(Cl)cc(Cl)c2)C(F)(F)F)ccc1C(=O)OC(C)(C)C. The standard InChI is InChI=1S/C23H20Cl2F3NO3/c1-13-7-14(5-6-18(13)20(31)32-21(2,3)4)19(30)11-22(12-29,23(26,27)28)15-8-16(24)10-17(25)9-15/h5-10H,11H2,1-4H3. The quantitative estimate of drug-likeness (QED) is 0.342. The van der Waals surface area contributed by atoms with Gasteiger partial charge in [-0.25, -0.2) is 4.79 Å². The highest BCUT2D eigenvalue weighted by molar-refractivity contribution is 6.34. The number of nitrogens with zero attached hydrogens (tertiary/aromatic N) is 1. The highest BCUT2D eigenvalue weighted by Crippen LogP contribution is 2.45. The van der Waals surface area contributed by atoms with Gasteiger partial charge in [0.1, 0.15) is 5.60 Å². The highest BCUT2D eigenvalue weighted by Gasteiger charge is 2.58. The van der Waals surface area contributed by atoms with Crippen LogP contribution in [0.3, 0.4) is 0 Å². The fourth-order valence-electron chi connectivity index (χ4n) is 3.08. The number of nitriles is 1. The number of carbonyl (C=O) groups is 2. The van der Waals surface area contributed by atoms with Gasteiger partial charge in [0.15, 0.2) is 11.2 Å². The summed E-state index contributed by atoms with van der Waals surface area (Å²) < 4.78 is 47.5. The summed E-state index contributed by atoms with van der Waals surface area (Å²) in [6.45, 7) is 6.62. The topological polar surface area (TPSA) is 67.2 Å². The second kappa shape index (κ2) is 9.13. The molecule has 0 heterocycles. The molecule has 0 radical (unpaired) electrons. The Morgan fingerprint density at radius 3 is 2.03 bits per heavy atom. The zero-order chi connectivity index (χ0) is 24.5. The average molecular weight is 486 g/mol. The van der Waals surface area contributed by atoms with Crippen molar-refractivity contribution in [2.45, 2.75) is 51.3 Å². The van der Waals surface area contributed by atoms with Gasteiger partial charge in [0.2, 0.25) is 0 Å². The molecule has 0 N–H and O–H groups in total. The third kappa shape index (κ3) is 5.62.